The summed E-state index contributed by atoms with van der Waals surface area (Å²) in [6.07, 6.45) is 1.32. The van der Waals surface area contributed by atoms with Gasteiger partial charge in [0.1, 0.15) is 17.3 Å². The van der Waals surface area contributed by atoms with Crippen LogP contribution >= 0.6 is 23.2 Å². The fraction of sp³-hybridized carbons (Fsp3) is 0.294. The lowest BCUT2D eigenvalue weighted by molar-refractivity contribution is -0.139. The summed E-state index contributed by atoms with van der Waals surface area (Å²) in [6.45, 7) is 3.73. The molecule has 7 nitrogen and oxygen atoms in total. The number of aliphatic carboxylic acids is 1. The highest BCUT2D eigenvalue weighted by Gasteiger charge is 2.26. The number of aromatic nitrogens is 2. The largest absolute Gasteiger partial charge is 0.495 e. The van der Waals surface area contributed by atoms with Crippen molar-refractivity contribution in [3.8, 4) is 5.75 Å². The molecule has 2 N–H and O–H groups in total. The van der Waals surface area contributed by atoms with Crippen molar-refractivity contribution >= 4 is 35.1 Å². The van der Waals surface area contributed by atoms with Crippen molar-refractivity contribution in [1.29, 1.82) is 0 Å². The molecule has 1 unspecified atom stereocenters. The summed E-state index contributed by atoms with van der Waals surface area (Å²) in [6, 6.07) is 3.11. The summed E-state index contributed by atoms with van der Waals surface area (Å²) < 4.78 is 5.04. The average Bonchev–Trinajstić information content (AvgIpc) is 2.59. The Morgan fingerprint density at radius 1 is 1.23 bits per heavy atom. The van der Waals surface area contributed by atoms with E-state index in [1.807, 2.05) is 13.8 Å². The van der Waals surface area contributed by atoms with Crippen molar-refractivity contribution < 1.29 is 19.4 Å². The SMILES string of the molecule is COc1ccc(C(NC(=O)c2nc(C(C)C)ncc2Cl)C(=O)O)cc1Cl. The molecule has 2 rings (SSSR count). The third-order valence-electron chi connectivity index (χ3n) is 3.53. The highest BCUT2D eigenvalue weighted by molar-refractivity contribution is 6.33. The Balaban J connectivity index is 2.33. The second kappa shape index (κ2) is 8.33. The van der Waals surface area contributed by atoms with Crippen LogP contribution in [0, 0.1) is 0 Å². The van der Waals surface area contributed by atoms with Gasteiger partial charge in [-0.2, -0.15) is 0 Å². The van der Waals surface area contributed by atoms with E-state index in [-0.39, 0.29) is 27.2 Å². The molecule has 0 spiro atoms. The Bertz CT molecular complexity index is 843. The first-order chi connectivity index (χ1) is 12.2. The maximum atomic E-state index is 12.5. The Kier molecular flexibility index (Phi) is 6.39. The lowest BCUT2D eigenvalue weighted by atomic mass is 10.1. The number of carboxylic acids is 1. The van der Waals surface area contributed by atoms with Crippen molar-refractivity contribution in [2.75, 3.05) is 7.11 Å². The summed E-state index contributed by atoms with van der Waals surface area (Å²) in [5, 5.41) is 12.2. The van der Waals surface area contributed by atoms with Crippen molar-refractivity contribution in [3.05, 3.63) is 51.5 Å². The van der Waals surface area contributed by atoms with Crippen molar-refractivity contribution in [1.82, 2.24) is 15.3 Å². The van der Waals surface area contributed by atoms with E-state index in [1.54, 1.807) is 0 Å². The molecule has 1 aromatic carbocycles. The van der Waals surface area contributed by atoms with E-state index in [4.69, 9.17) is 27.9 Å². The Hall–Kier alpha value is -2.38. The average molecular weight is 398 g/mol. The molecule has 0 saturated carbocycles. The van der Waals surface area contributed by atoms with Crippen molar-refractivity contribution in [2.45, 2.75) is 25.8 Å². The topological polar surface area (TPSA) is 101 Å². The molecular weight excluding hydrogens is 381 g/mol. The van der Waals surface area contributed by atoms with Gasteiger partial charge in [0.05, 0.1) is 23.4 Å². The van der Waals surface area contributed by atoms with Gasteiger partial charge in [0, 0.05) is 5.92 Å². The van der Waals surface area contributed by atoms with Crippen LogP contribution in [0.3, 0.4) is 0 Å². The van der Waals surface area contributed by atoms with Gasteiger partial charge in [0.2, 0.25) is 0 Å². The normalized spacial score (nSPS) is 11.9. The lowest BCUT2D eigenvalue weighted by Gasteiger charge is -2.16. The molecule has 1 atom stereocenters. The number of nitrogens with one attached hydrogen (secondary N) is 1. The summed E-state index contributed by atoms with van der Waals surface area (Å²) in [5.74, 6) is -1.17. The molecule has 0 bridgehead atoms. The summed E-state index contributed by atoms with van der Waals surface area (Å²) in [5.41, 5.74) is 0.196. The number of methoxy groups -OCH3 is 1. The maximum Gasteiger partial charge on any atom is 0.330 e. The predicted molar refractivity (Wildman–Crippen MR) is 97.0 cm³/mol. The molecule has 0 saturated heterocycles. The molecule has 9 heteroatoms. The minimum Gasteiger partial charge on any atom is -0.495 e. The molecule has 0 aliphatic rings. The van der Waals surface area contributed by atoms with E-state index < -0.39 is 17.9 Å². The summed E-state index contributed by atoms with van der Waals surface area (Å²) >= 11 is 12.0. The van der Waals surface area contributed by atoms with E-state index in [2.05, 4.69) is 15.3 Å². The van der Waals surface area contributed by atoms with Crippen LogP contribution in [0.25, 0.3) is 0 Å². The minimum absolute atomic E-state index is 0.0190. The first-order valence-corrected chi connectivity index (χ1v) is 8.39. The molecule has 0 aliphatic carbocycles. The van der Waals surface area contributed by atoms with Crippen LogP contribution in [-0.2, 0) is 4.79 Å². The van der Waals surface area contributed by atoms with Gasteiger partial charge in [-0.25, -0.2) is 14.8 Å². The summed E-state index contributed by atoms with van der Waals surface area (Å²) in [7, 11) is 1.45. The van der Waals surface area contributed by atoms with E-state index in [0.29, 0.717) is 11.6 Å². The number of carbonyl (C=O) groups excluding carboxylic acids is 1. The molecule has 1 aromatic heterocycles. The van der Waals surface area contributed by atoms with E-state index >= 15 is 0 Å². The van der Waals surface area contributed by atoms with Gasteiger partial charge in [-0.3, -0.25) is 4.79 Å². The standard InChI is InChI=1S/C17H17Cl2N3O4/c1-8(2)15-20-7-11(19)14(21-15)16(23)22-13(17(24)25)9-4-5-12(26-3)10(18)6-9/h4-8,13H,1-3H3,(H,22,23)(H,24,25). The van der Waals surface area contributed by atoms with Crippen LogP contribution in [-0.4, -0.2) is 34.1 Å². The van der Waals surface area contributed by atoms with Gasteiger partial charge in [-0.05, 0) is 17.7 Å². The van der Waals surface area contributed by atoms with Gasteiger partial charge >= 0.3 is 5.97 Å². The van der Waals surface area contributed by atoms with Gasteiger partial charge in [-0.15, -0.1) is 0 Å². The highest BCUT2D eigenvalue weighted by Crippen LogP contribution is 2.28. The fourth-order valence-corrected chi connectivity index (χ4v) is 2.61. The number of amides is 1. The van der Waals surface area contributed by atoms with Gasteiger partial charge in [0.15, 0.2) is 6.04 Å². The smallest absolute Gasteiger partial charge is 0.330 e. The van der Waals surface area contributed by atoms with Crippen LogP contribution in [0.15, 0.2) is 24.4 Å². The molecule has 1 heterocycles. The van der Waals surface area contributed by atoms with Gasteiger partial charge in [0.25, 0.3) is 5.91 Å². The fourth-order valence-electron chi connectivity index (χ4n) is 2.17. The first kappa shape index (κ1) is 19.9. The Labute approximate surface area is 160 Å². The second-order valence-corrected chi connectivity index (χ2v) is 6.53. The molecule has 0 fully saturated rings. The molecule has 1 amide bonds. The zero-order valence-electron chi connectivity index (χ0n) is 14.3. The Morgan fingerprint density at radius 2 is 1.92 bits per heavy atom. The van der Waals surface area contributed by atoms with Crippen LogP contribution in [0.1, 0.15) is 47.7 Å². The number of carboxylic acid groups (broad SMARTS) is 1. The van der Waals surface area contributed by atoms with Crippen LogP contribution in [0.5, 0.6) is 5.75 Å². The monoisotopic (exact) mass is 397 g/mol. The number of halogens is 2. The molecule has 26 heavy (non-hydrogen) atoms. The number of ether oxygens (including phenoxy) is 1. The minimum atomic E-state index is -1.33. The van der Waals surface area contributed by atoms with Gasteiger partial charge in [-0.1, -0.05) is 43.1 Å². The number of nitrogens with zero attached hydrogens (tertiary/aromatic N) is 2. The third kappa shape index (κ3) is 4.42. The van der Waals surface area contributed by atoms with E-state index in [1.165, 1.54) is 31.5 Å². The number of hydrogen-bond acceptors (Lipinski definition) is 5. The molecule has 0 aliphatic heterocycles. The predicted octanol–water partition coefficient (Wildman–Crippen LogP) is 3.47. The maximum absolute atomic E-state index is 12.5. The number of hydrogen-bond donors (Lipinski definition) is 2. The van der Waals surface area contributed by atoms with Crippen LogP contribution < -0.4 is 10.1 Å². The molecule has 2 aromatic rings. The van der Waals surface area contributed by atoms with Crippen LogP contribution in [0.2, 0.25) is 10.0 Å². The van der Waals surface area contributed by atoms with Crippen molar-refractivity contribution in [3.63, 3.8) is 0 Å². The second-order valence-electron chi connectivity index (χ2n) is 5.72. The summed E-state index contributed by atoms with van der Waals surface area (Å²) in [4.78, 5) is 32.3. The first-order valence-electron chi connectivity index (χ1n) is 7.64. The van der Waals surface area contributed by atoms with Crippen LogP contribution in [0.4, 0.5) is 0 Å². The molecule has 138 valence electrons. The zero-order valence-corrected chi connectivity index (χ0v) is 15.8. The molecule has 0 radical (unpaired) electrons. The van der Waals surface area contributed by atoms with Gasteiger partial charge < -0.3 is 15.2 Å². The lowest BCUT2D eigenvalue weighted by Crippen LogP contribution is -2.34. The van der Waals surface area contributed by atoms with E-state index in [0.717, 1.165) is 0 Å². The number of benzene rings is 1. The molecular formula is C17H17Cl2N3O4. The number of carbonyl (C=O) groups is 2. The van der Waals surface area contributed by atoms with Crippen molar-refractivity contribution in [2.24, 2.45) is 0 Å². The quantitative estimate of drug-likeness (QED) is 0.773. The third-order valence-corrected chi connectivity index (χ3v) is 4.10. The Morgan fingerprint density at radius 3 is 2.46 bits per heavy atom. The zero-order chi connectivity index (χ0) is 19.4. The van der Waals surface area contributed by atoms with E-state index in [9.17, 15) is 14.7 Å². The number of rotatable bonds is 6. The highest BCUT2D eigenvalue weighted by atomic mass is 35.5.